The van der Waals surface area contributed by atoms with Crippen molar-refractivity contribution in [1.29, 1.82) is 0 Å². The fourth-order valence-electron chi connectivity index (χ4n) is 2.58. The highest BCUT2D eigenvalue weighted by Gasteiger charge is 2.27. The highest BCUT2D eigenvalue weighted by Crippen LogP contribution is 2.46. The lowest BCUT2D eigenvalue weighted by Gasteiger charge is -2.19. The predicted octanol–water partition coefficient (Wildman–Crippen LogP) is 3.74. The van der Waals surface area contributed by atoms with Gasteiger partial charge in [0.05, 0.1) is 0 Å². The van der Waals surface area contributed by atoms with Crippen molar-refractivity contribution in [3.63, 3.8) is 0 Å². The maximum Gasteiger partial charge on any atom is 0.532 e. The molecule has 0 aliphatic rings. The Bertz CT molecular complexity index is 1190. The molecule has 16 heteroatoms. The average Bonchev–Trinajstić information content (AvgIpc) is 2.83. The standard InChI is InChI=1S/C21H15O12PS3/c22-10-1-7(2-11(23)16(10)28)19(35)31-34(32-20(36)8-3-12(24)17(29)13(25)4-8)33-21(37)9-5-14(26)18(30)15(27)6-9/h1-6,22-30H. The maximum atomic E-state index is 9.74. The molecular formula is C21H15O12PS3. The van der Waals surface area contributed by atoms with Gasteiger partial charge in [-0.25, -0.2) is 0 Å². The number of benzene rings is 3. The van der Waals surface area contributed by atoms with E-state index >= 15 is 0 Å². The van der Waals surface area contributed by atoms with Crippen LogP contribution in [0.2, 0.25) is 0 Å². The third-order valence-electron chi connectivity index (χ3n) is 4.39. The monoisotopic (exact) mass is 586 g/mol. The molecule has 3 aromatic carbocycles. The number of hydrogen-bond donors (Lipinski definition) is 9. The van der Waals surface area contributed by atoms with Crippen LogP contribution in [0.3, 0.4) is 0 Å². The van der Waals surface area contributed by atoms with Crippen LogP contribution in [0.25, 0.3) is 0 Å². The molecule has 0 heterocycles. The van der Waals surface area contributed by atoms with Gasteiger partial charge < -0.3 is 59.5 Å². The molecule has 0 atom stereocenters. The van der Waals surface area contributed by atoms with Crippen molar-refractivity contribution in [2.75, 3.05) is 0 Å². The van der Waals surface area contributed by atoms with Crippen LogP contribution in [0.1, 0.15) is 16.7 Å². The third kappa shape index (κ3) is 6.21. The van der Waals surface area contributed by atoms with Gasteiger partial charge in [0.2, 0.25) is 15.2 Å². The zero-order valence-corrected chi connectivity index (χ0v) is 21.2. The second-order valence-corrected chi connectivity index (χ2v) is 9.06. The molecule has 0 saturated carbocycles. The lowest BCUT2D eigenvalue weighted by molar-refractivity contribution is 0.365. The molecule has 0 unspecified atom stereocenters. The van der Waals surface area contributed by atoms with Crippen LogP contribution in [-0.4, -0.2) is 61.1 Å². The van der Waals surface area contributed by atoms with E-state index in [1.807, 2.05) is 0 Å². The Kier molecular flexibility index (Phi) is 8.13. The van der Waals surface area contributed by atoms with Crippen LogP contribution in [0, 0.1) is 0 Å². The first kappa shape index (κ1) is 27.5. The highest BCUT2D eigenvalue weighted by atomic mass is 32.1. The summed E-state index contributed by atoms with van der Waals surface area (Å²) in [5.74, 6) is -6.72. The van der Waals surface area contributed by atoms with Gasteiger partial charge in [-0.3, -0.25) is 0 Å². The van der Waals surface area contributed by atoms with Gasteiger partial charge in [-0.1, -0.05) is 0 Å². The highest BCUT2D eigenvalue weighted by molar-refractivity contribution is 7.82. The molecule has 0 aliphatic carbocycles. The largest absolute Gasteiger partial charge is 0.532 e. The summed E-state index contributed by atoms with van der Waals surface area (Å²) in [5, 5.41) is 85.7. The van der Waals surface area contributed by atoms with Gasteiger partial charge in [-0.2, -0.15) is 0 Å². The summed E-state index contributed by atoms with van der Waals surface area (Å²) in [5.41, 5.74) is -0.294. The predicted molar refractivity (Wildman–Crippen MR) is 140 cm³/mol. The topological polar surface area (TPSA) is 210 Å². The Morgan fingerprint density at radius 3 is 0.811 bits per heavy atom. The molecule has 12 nitrogen and oxygen atoms in total. The first-order valence-corrected chi connectivity index (χ1v) is 11.8. The first-order chi connectivity index (χ1) is 17.3. The van der Waals surface area contributed by atoms with E-state index in [1.54, 1.807) is 0 Å². The SMILES string of the molecule is Oc1cc(C(=S)OP(OC(=S)c2cc(O)c(O)c(O)c2)OC(=S)c2cc(O)c(O)c(O)c2)cc(O)c1O. The van der Waals surface area contributed by atoms with Crippen molar-refractivity contribution in [3.8, 4) is 51.7 Å². The second kappa shape index (κ2) is 10.9. The smallest absolute Gasteiger partial charge is 0.504 e. The van der Waals surface area contributed by atoms with Gasteiger partial charge in [0.25, 0.3) is 0 Å². The lowest BCUT2D eigenvalue weighted by Crippen LogP contribution is -2.10. The first-order valence-electron chi connectivity index (χ1n) is 9.50. The summed E-state index contributed by atoms with van der Waals surface area (Å²) in [6.45, 7) is 0. The molecule has 0 saturated heterocycles. The Balaban J connectivity index is 1.91. The molecule has 0 aliphatic heterocycles. The van der Waals surface area contributed by atoms with Crippen molar-refractivity contribution in [2.24, 2.45) is 0 Å². The van der Waals surface area contributed by atoms with Gasteiger partial charge in [-0.05, 0) is 73.1 Å². The molecule has 0 fully saturated rings. The summed E-state index contributed by atoms with van der Waals surface area (Å²) >= 11 is 15.4. The van der Waals surface area contributed by atoms with Crippen molar-refractivity contribution in [2.45, 2.75) is 0 Å². The molecule has 3 rings (SSSR count). The van der Waals surface area contributed by atoms with E-state index in [4.69, 9.17) is 50.2 Å². The molecule has 9 N–H and O–H groups in total. The van der Waals surface area contributed by atoms with Gasteiger partial charge >= 0.3 is 8.60 Å². The van der Waals surface area contributed by atoms with Crippen molar-refractivity contribution in [1.82, 2.24) is 0 Å². The quantitative estimate of drug-likeness (QED) is 0.114. The molecule has 0 bridgehead atoms. The molecule has 37 heavy (non-hydrogen) atoms. The molecule has 0 spiro atoms. The maximum absolute atomic E-state index is 9.74. The molecule has 0 aromatic heterocycles. The number of hydrogen-bond acceptors (Lipinski definition) is 15. The molecular weight excluding hydrogens is 571 g/mol. The van der Waals surface area contributed by atoms with Crippen LogP contribution < -0.4 is 0 Å². The Morgan fingerprint density at radius 2 is 0.622 bits per heavy atom. The van der Waals surface area contributed by atoms with E-state index in [0.717, 1.165) is 36.4 Å². The normalized spacial score (nSPS) is 10.6. The van der Waals surface area contributed by atoms with Crippen LogP contribution in [-0.2, 0) is 13.6 Å². The molecule has 3 aromatic rings. The fraction of sp³-hybridized carbons (Fsp3) is 0. The van der Waals surface area contributed by atoms with E-state index < -0.39 is 75.5 Å². The third-order valence-corrected chi connectivity index (χ3v) is 6.71. The van der Waals surface area contributed by atoms with E-state index in [1.165, 1.54) is 0 Å². The number of rotatable bonds is 6. The lowest BCUT2D eigenvalue weighted by atomic mass is 10.2. The minimum absolute atomic E-state index is 0.0980. The fourth-order valence-corrected chi connectivity index (χ4v) is 4.32. The molecule has 0 radical (unpaired) electrons. The summed E-state index contributed by atoms with van der Waals surface area (Å²) < 4.78 is 16.4. The van der Waals surface area contributed by atoms with Gasteiger partial charge in [0, 0.05) is 16.7 Å². The van der Waals surface area contributed by atoms with E-state index in [9.17, 15) is 46.0 Å². The van der Waals surface area contributed by atoms with E-state index in [-0.39, 0.29) is 16.7 Å². The Morgan fingerprint density at radius 1 is 0.432 bits per heavy atom. The van der Waals surface area contributed by atoms with E-state index in [0.29, 0.717) is 0 Å². The minimum atomic E-state index is -2.73. The van der Waals surface area contributed by atoms with Crippen LogP contribution in [0.15, 0.2) is 36.4 Å². The Labute approximate surface area is 224 Å². The zero-order valence-electron chi connectivity index (χ0n) is 17.9. The zero-order chi connectivity index (χ0) is 27.6. The number of phenolic OH excluding ortho intramolecular Hbond substituents is 9. The van der Waals surface area contributed by atoms with Crippen LogP contribution in [0.4, 0.5) is 0 Å². The van der Waals surface area contributed by atoms with Gasteiger partial charge in [-0.15, -0.1) is 0 Å². The number of phenols is 9. The van der Waals surface area contributed by atoms with Crippen molar-refractivity contribution < 1.29 is 59.5 Å². The second-order valence-electron chi connectivity index (χ2n) is 6.95. The Hall–Kier alpha value is -4.04. The van der Waals surface area contributed by atoms with Crippen LogP contribution >= 0.6 is 45.3 Å². The number of aromatic hydroxyl groups is 9. The van der Waals surface area contributed by atoms with Crippen molar-refractivity contribution in [3.05, 3.63) is 53.1 Å². The minimum Gasteiger partial charge on any atom is -0.504 e. The molecule has 194 valence electrons. The van der Waals surface area contributed by atoms with E-state index in [2.05, 4.69) is 0 Å². The summed E-state index contributed by atoms with van der Waals surface area (Å²) in [4.78, 5) is 0. The summed E-state index contributed by atoms with van der Waals surface area (Å²) in [6.07, 6.45) is 0. The average molecular weight is 587 g/mol. The number of thiocarbonyl (C=S) groups is 3. The van der Waals surface area contributed by atoms with Gasteiger partial charge in [0.15, 0.2) is 51.7 Å². The van der Waals surface area contributed by atoms with Crippen LogP contribution in [0.5, 0.6) is 51.7 Å². The summed E-state index contributed by atoms with van der Waals surface area (Å²) in [7, 11) is -2.73. The van der Waals surface area contributed by atoms with Gasteiger partial charge in [0.1, 0.15) is 0 Å². The molecule has 0 amide bonds. The van der Waals surface area contributed by atoms with Crippen molar-refractivity contribution >= 4 is 60.4 Å². The summed E-state index contributed by atoms with van der Waals surface area (Å²) in [6, 6.07) is 5.80.